The van der Waals surface area contributed by atoms with E-state index in [0.29, 0.717) is 22.8 Å². The lowest BCUT2D eigenvalue weighted by atomic mass is 9.99. The van der Waals surface area contributed by atoms with Gasteiger partial charge in [0.1, 0.15) is 5.75 Å². The molecule has 1 aliphatic heterocycles. The number of methoxy groups -OCH3 is 3. The average Bonchev–Trinajstić information content (AvgIpc) is 2.94. The lowest BCUT2D eigenvalue weighted by Crippen LogP contribution is -2.47. The van der Waals surface area contributed by atoms with Crippen LogP contribution in [0.5, 0.6) is 17.2 Å². The van der Waals surface area contributed by atoms with Crippen molar-refractivity contribution >= 4 is 17.3 Å². The fourth-order valence-electron chi connectivity index (χ4n) is 4.91. The van der Waals surface area contributed by atoms with E-state index in [-0.39, 0.29) is 11.9 Å². The van der Waals surface area contributed by atoms with Crippen molar-refractivity contribution in [3.05, 3.63) is 77.9 Å². The number of carbonyl (C=O) groups excluding carboxylic acids is 1. The Balaban J connectivity index is 1.56. The Hall–Kier alpha value is -3.71. The van der Waals surface area contributed by atoms with Crippen molar-refractivity contribution in [2.45, 2.75) is 25.4 Å². The second-order valence-corrected chi connectivity index (χ2v) is 9.48. The Bertz CT molecular complexity index is 1190. The molecule has 0 unspecified atom stereocenters. The number of hydrogen-bond acceptors (Lipinski definition) is 6. The molecule has 0 saturated carbocycles. The highest BCUT2D eigenvalue weighted by molar-refractivity contribution is 6.08. The van der Waals surface area contributed by atoms with Gasteiger partial charge in [0.2, 0.25) is 0 Å². The summed E-state index contributed by atoms with van der Waals surface area (Å²) in [6, 6.07) is 21.8. The minimum atomic E-state index is -0.0811. The maximum Gasteiger partial charge on any atom is 0.262 e. The number of piperidine rings is 1. The fraction of sp³-hybridized carbons (Fsp3) is 0.367. The molecule has 0 spiro atoms. The van der Waals surface area contributed by atoms with Crippen molar-refractivity contribution in [1.82, 2.24) is 4.90 Å². The Morgan fingerprint density at radius 1 is 0.811 bits per heavy atom. The first-order valence-corrected chi connectivity index (χ1v) is 12.6. The Morgan fingerprint density at radius 2 is 1.43 bits per heavy atom. The summed E-state index contributed by atoms with van der Waals surface area (Å²) in [5, 5.41) is 0. The third-order valence-corrected chi connectivity index (χ3v) is 6.98. The third-order valence-electron chi connectivity index (χ3n) is 6.98. The standard InChI is InChI=1S/C30H37N3O4/c1-31(2)23-12-10-22(11-13-23)21-32-18-16-24(17-19-32)33(25-14-15-28(36-4)29(20-25)37-5)30(34)26-8-6-7-9-27(26)35-3/h6-15,20,24H,16-19,21H2,1-5H3. The molecule has 1 heterocycles. The van der Waals surface area contributed by atoms with E-state index in [1.165, 1.54) is 11.3 Å². The summed E-state index contributed by atoms with van der Waals surface area (Å²) in [5.41, 5.74) is 3.82. The average molecular weight is 504 g/mol. The summed E-state index contributed by atoms with van der Waals surface area (Å²) in [5.74, 6) is 1.71. The minimum absolute atomic E-state index is 0.0443. The van der Waals surface area contributed by atoms with Gasteiger partial charge in [-0.25, -0.2) is 0 Å². The van der Waals surface area contributed by atoms with Gasteiger partial charge < -0.3 is 24.0 Å². The molecule has 4 rings (SSSR count). The number of likely N-dealkylation sites (tertiary alicyclic amines) is 1. The molecule has 7 nitrogen and oxygen atoms in total. The summed E-state index contributed by atoms with van der Waals surface area (Å²) in [6.07, 6.45) is 1.73. The lowest BCUT2D eigenvalue weighted by Gasteiger charge is -2.39. The molecular formula is C30H37N3O4. The molecule has 7 heteroatoms. The number of benzene rings is 3. The van der Waals surface area contributed by atoms with Crippen LogP contribution < -0.4 is 24.0 Å². The van der Waals surface area contributed by atoms with Crippen LogP contribution in [0.3, 0.4) is 0 Å². The van der Waals surface area contributed by atoms with Gasteiger partial charge in [-0.1, -0.05) is 24.3 Å². The van der Waals surface area contributed by atoms with E-state index < -0.39 is 0 Å². The number of nitrogens with zero attached hydrogens (tertiary/aromatic N) is 3. The third kappa shape index (κ3) is 6.00. The summed E-state index contributed by atoms with van der Waals surface area (Å²) in [7, 11) is 8.92. The SMILES string of the molecule is COc1ccc(N(C(=O)c2ccccc2OC)C2CCN(Cc3ccc(N(C)C)cc3)CC2)cc1OC. The molecule has 0 aliphatic carbocycles. The van der Waals surface area contributed by atoms with E-state index in [0.717, 1.165) is 38.2 Å². The van der Waals surface area contributed by atoms with Crippen LogP contribution in [0.2, 0.25) is 0 Å². The van der Waals surface area contributed by atoms with Crippen molar-refractivity contribution in [3.63, 3.8) is 0 Å². The van der Waals surface area contributed by atoms with Crippen molar-refractivity contribution < 1.29 is 19.0 Å². The van der Waals surface area contributed by atoms with Crippen LogP contribution in [0.15, 0.2) is 66.7 Å². The van der Waals surface area contributed by atoms with Gasteiger partial charge in [-0.15, -0.1) is 0 Å². The van der Waals surface area contributed by atoms with Crippen LogP contribution in [-0.2, 0) is 6.54 Å². The molecule has 0 atom stereocenters. The monoisotopic (exact) mass is 503 g/mol. The first-order valence-electron chi connectivity index (χ1n) is 12.6. The molecule has 1 saturated heterocycles. The molecule has 0 N–H and O–H groups in total. The van der Waals surface area contributed by atoms with Gasteiger partial charge in [0.05, 0.1) is 26.9 Å². The van der Waals surface area contributed by atoms with Gasteiger partial charge >= 0.3 is 0 Å². The van der Waals surface area contributed by atoms with Crippen LogP contribution in [0.4, 0.5) is 11.4 Å². The summed E-state index contributed by atoms with van der Waals surface area (Å²) in [6.45, 7) is 2.71. The predicted octanol–water partition coefficient (Wildman–Crippen LogP) is 5.09. The first-order chi connectivity index (χ1) is 17.9. The van der Waals surface area contributed by atoms with Gasteiger partial charge in [-0.2, -0.15) is 0 Å². The van der Waals surface area contributed by atoms with Gasteiger partial charge in [-0.05, 0) is 54.8 Å². The van der Waals surface area contributed by atoms with Gasteiger partial charge in [0, 0.05) is 57.2 Å². The zero-order valence-electron chi connectivity index (χ0n) is 22.4. The first kappa shape index (κ1) is 26.4. The molecule has 0 radical (unpaired) electrons. The Kier molecular flexibility index (Phi) is 8.56. The van der Waals surface area contributed by atoms with Crippen LogP contribution in [0.1, 0.15) is 28.8 Å². The molecule has 1 aliphatic rings. The van der Waals surface area contributed by atoms with Crippen molar-refractivity contribution in [2.75, 3.05) is 58.3 Å². The number of rotatable bonds is 9. The maximum absolute atomic E-state index is 14.0. The minimum Gasteiger partial charge on any atom is -0.496 e. The normalized spacial score (nSPS) is 14.2. The Labute approximate surface area is 220 Å². The number of hydrogen-bond donors (Lipinski definition) is 0. The number of ether oxygens (including phenoxy) is 3. The smallest absolute Gasteiger partial charge is 0.262 e. The molecule has 1 fully saturated rings. The number of anilines is 2. The highest BCUT2D eigenvalue weighted by Gasteiger charge is 2.31. The topological polar surface area (TPSA) is 54.5 Å². The summed E-state index contributed by atoms with van der Waals surface area (Å²) < 4.78 is 16.5. The van der Waals surface area contributed by atoms with E-state index in [1.807, 2.05) is 47.4 Å². The molecule has 196 valence electrons. The van der Waals surface area contributed by atoms with Crippen LogP contribution in [0, 0.1) is 0 Å². The fourth-order valence-corrected chi connectivity index (χ4v) is 4.91. The van der Waals surface area contributed by atoms with E-state index in [1.54, 1.807) is 21.3 Å². The summed E-state index contributed by atoms with van der Waals surface area (Å²) in [4.78, 5) is 20.5. The number of amides is 1. The molecule has 0 aromatic heterocycles. The van der Waals surface area contributed by atoms with E-state index in [9.17, 15) is 4.79 Å². The van der Waals surface area contributed by atoms with E-state index in [4.69, 9.17) is 14.2 Å². The van der Waals surface area contributed by atoms with Crippen molar-refractivity contribution in [3.8, 4) is 17.2 Å². The second kappa shape index (κ2) is 12.0. The lowest BCUT2D eigenvalue weighted by molar-refractivity contribution is 0.0955. The van der Waals surface area contributed by atoms with Crippen LogP contribution in [0.25, 0.3) is 0 Å². The molecule has 3 aromatic carbocycles. The van der Waals surface area contributed by atoms with Crippen molar-refractivity contribution in [1.29, 1.82) is 0 Å². The second-order valence-electron chi connectivity index (χ2n) is 9.48. The predicted molar refractivity (Wildman–Crippen MR) is 148 cm³/mol. The highest BCUT2D eigenvalue weighted by atomic mass is 16.5. The van der Waals surface area contributed by atoms with Crippen LogP contribution in [-0.4, -0.2) is 65.4 Å². The number of carbonyl (C=O) groups is 1. The van der Waals surface area contributed by atoms with Gasteiger partial charge in [0.25, 0.3) is 5.91 Å². The molecule has 3 aromatic rings. The zero-order chi connectivity index (χ0) is 26.4. The van der Waals surface area contributed by atoms with Crippen LogP contribution >= 0.6 is 0 Å². The Morgan fingerprint density at radius 3 is 2.05 bits per heavy atom. The highest BCUT2D eigenvalue weighted by Crippen LogP contribution is 2.35. The largest absolute Gasteiger partial charge is 0.496 e. The molecule has 0 bridgehead atoms. The molecular weight excluding hydrogens is 466 g/mol. The van der Waals surface area contributed by atoms with Crippen molar-refractivity contribution in [2.24, 2.45) is 0 Å². The summed E-state index contributed by atoms with van der Waals surface area (Å²) >= 11 is 0. The van der Waals surface area contributed by atoms with E-state index in [2.05, 4.69) is 48.2 Å². The number of para-hydroxylation sites is 1. The quantitative estimate of drug-likeness (QED) is 0.406. The van der Waals surface area contributed by atoms with E-state index >= 15 is 0 Å². The zero-order valence-corrected chi connectivity index (χ0v) is 22.4. The molecule has 37 heavy (non-hydrogen) atoms. The maximum atomic E-state index is 14.0. The van der Waals surface area contributed by atoms with Gasteiger partial charge in [0.15, 0.2) is 11.5 Å². The van der Waals surface area contributed by atoms with Gasteiger partial charge in [-0.3, -0.25) is 9.69 Å². The molecule has 1 amide bonds.